The molecule has 0 N–H and O–H groups in total. The highest BCUT2D eigenvalue weighted by atomic mass is 35.5. The Balaban J connectivity index is 2.22. The third-order valence-electron chi connectivity index (χ3n) is 4.10. The molecule has 20 heavy (non-hydrogen) atoms. The molecule has 110 valence electrons. The van der Waals surface area contributed by atoms with Crippen molar-refractivity contribution in [3.05, 3.63) is 34.3 Å². The third kappa shape index (κ3) is 3.90. The number of hydrogen-bond donors (Lipinski definition) is 0. The molecule has 0 heterocycles. The molecule has 1 aliphatic carbocycles. The first kappa shape index (κ1) is 15.7. The van der Waals surface area contributed by atoms with Gasteiger partial charge in [0.1, 0.15) is 6.29 Å². The molecule has 1 aromatic carbocycles. The van der Waals surface area contributed by atoms with E-state index in [0.717, 1.165) is 24.7 Å². The molecule has 3 nitrogen and oxygen atoms in total. The van der Waals surface area contributed by atoms with Crippen molar-refractivity contribution in [2.24, 2.45) is 5.92 Å². The summed E-state index contributed by atoms with van der Waals surface area (Å²) in [6.45, 7) is 0. The lowest BCUT2D eigenvalue weighted by atomic mass is 9.82. The number of hydrogen-bond acceptors (Lipinski definition) is 3. The molecule has 0 saturated heterocycles. The van der Waals surface area contributed by atoms with E-state index in [1.165, 1.54) is 12.8 Å². The summed E-state index contributed by atoms with van der Waals surface area (Å²) in [4.78, 5) is 10.9. The summed E-state index contributed by atoms with van der Waals surface area (Å²) in [5.41, 5.74) is 1.66. The SMILES string of the molecule is O=CC[C@@H](c1ccc(CS(=O)[O-])c(Cl)c1)C1CCCC1. The van der Waals surface area contributed by atoms with Crippen molar-refractivity contribution >= 4 is 29.0 Å². The van der Waals surface area contributed by atoms with E-state index in [-0.39, 0.29) is 11.7 Å². The van der Waals surface area contributed by atoms with Crippen molar-refractivity contribution < 1.29 is 13.6 Å². The Morgan fingerprint density at radius 1 is 1.40 bits per heavy atom. The van der Waals surface area contributed by atoms with Gasteiger partial charge in [0.2, 0.25) is 0 Å². The first-order valence-corrected chi connectivity index (χ1v) is 8.52. The van der Waals surface area contributed by atoms with Crippen LogP contribution < -0.4 is 0 Å². The zero-order chi connectivity index (χ0) is 14.5. The Bertz CT molecular complexity index is 498. The predicted octanol–water partition coefficient (Wildman–Crippen LogP) is 3.58. The van der Waals surface area contributed by atoms with E-state index in [9.17, 15) is 13.6 Å². The van der Waals surface area contributed by atoms with Crippen LogP contribution in [0.5, 0.6) is 0 Å². The van der Waals surface area contributed by atoms with E-state index in [1.807, 2.05) is 12.1 Å². The van der Waals surface area contributed by atoms with E-state index in [4.69, 9.17) is 11.6 Å². The van der Waals surface area contributed by atoms with Gasteiger partial charge in [-0.1, -0.05) is 47.7 Å². The smallest absolute Gasteiger partial charge is 0.120 e. The molecule has 1 saturated carbocycles. The molecular formula is C15H18ClO3S-. The first-order chi connectivity index (χ1) is 9.61. The Kier molecular flexibility index (Phi) is 5.75. The lowest BCUT2D eigenvalue weighted by Crippen LogP contribution is -2.11. The number of carbonyl (C=O) groups is 1. The third-order valence-corrected chi connectivity index (χ3v) is 5.00. The van der Waals surface area contributed by atoms with Crippen LogP contribution in [0.15, 0.2) is 18.2 Å². The summed E-state index contributed by atoms with van der Waals surface area (Å²) >= 11 is 4.02. The number of benzene rings is 1. The summed E-state index contributed by atoms with van der Waals surface area (Å²) in [6, 6.07) is 5.51. The summed E-state index contributed by atoms with van der Waals surface area (Å²) in [7, 11) is 0. The van der Waals surface area contributed by atoms with E-state index in [1.54, 1.807) is 6.07 Å². The molecular weight excluding hydrogens is 296 g/mol. The number of halogens is 1. The van der Waals surface area contributed by atoms with Crippen molar-refractivity contribution in [2.75, 3.05) is 0 Å². The molecule has 0 spiro atoms. The van der Waals surface area contributed by atoms with Crippen LogP contribution in [0.25, 0.3) is 0 Å². The Morgan fingerprint density at radius 2 is 2.10 bits per heavy atom. The molecule has 0 amide bonds. The molecule has 0 aliphatic heterocycles. The van der Waals surface area contributed by atoms with Crippen molar-refractivity contribution in [3.63, 3.8) is 0 Å². The van der Waals surface area contributed by atoms with Crippen LogP contribution in [0.1, 0.15) is 49.1 Å². The van der Waals surface area contributed by atoms with Crippen molar-refractivity contribution in [3.8, 4) is 0 Å². The van der Waals surface area contributed by atoms with Gasteiger partial charge >= 0.3 is 0 Å². The van der Waals surface area contributed by atoms with Crippen molar-refractivity contribution in [2.45, 2.75) is 43.8 Å². The lowest BCUT2D eigenvalue weighted by molar-refractivity contribution is -0.108. The minimum atomic E-state index is -2.14. The fraction of sp³-hybridized carbons (Fsp3) is 0.533. The van der Waals surface area contributed by atoms with E-state index in [0.29, 0.717) is 22.9 Å². The minimum Gasteiger partial charge on any atom is -0.772 e. The average molecular weight is 314 g/mol. The normalized spacial score (nSPS) is 18.9. The standard InChI is InChI=1S/C15H19ClO3S/c16-15-9-12(5-6-13(15)10-20(18)19)14(7-8-17)11-3-1-2-4-11/h5-6,8-9,11,14H,1-4,7,10H2,(H,18,19)/p-1/t14-/m1/s1. The van der Waals surface area contributed by atoms with Crippen LogP contribution in [-0.2, 0) is 21.6 Å². The highest BCUT2D eigenvalue weighted by Crippen LogP contribution is 2.39. The second-order valence-corrected chi connectivity index (χ2v) is 6.66. The second-order valence-electron chi connectivity index (χ2n) is 5.35. The fourth-order valence-electron chi connectivity index (χ4n) is 3.10. The zero-order valence-corrected chi connectivity index (χ0v) is 12.8. The van der Waals surface area contributed by atoms with Gasteiger partial charge in [-0.3, -0.25) is 4.21 Å². The molecule has 2 rings (SSSR count). The van der Waals surface area contributed by atoms with E-state index in [2.05, 4.69) is 0 Å². The topological polar surface area (TPSA) is 57.2 Å². The molecule has 0 radical (unpaired) electrons. The summed E-state index contributed by atoms with van der Waals surface area (Å²) < 4.78 is 21.5. The van der Waals surface area contributed by atoms with Crippen molar-refractivity contribution in [1.82, 2.24) is 0 Å². The fourth-order valence-corrected chi connectivity index (χ4v) is 3.94. The van der Waals surface area contributed by atoms with Gasteiger partial charge in [0, 0.05) is 17.2 Å². The maximum absolute atomic E-state index is 10.9. The molecule has 0 bridgehead atoms. The van der Waals surface area contributed by atoms with Gasteiger partial charge in [-0.15, -0.1) is 0 Å². The molecule has 2 atom stereocenters. The minimum absolute atomic E-state index is 0.0686. The van der Waals surface area contributed by atoms with E-state index >= 15 is 0 Å². The van der Waals surface area contributed by atoms with Gasteiger partial charge in [0.25, 0.3) is 0 Å². The van der Waals surface area contributed by atoms with Crippen molar-refractivity contribution in [1.29, 1.82) is 0 Å². The van der Waals surface area contributed by atoms with Crippen LogP contribution in [0.4, 0.5) is 0 Å². The number of carbonyl (C=O) groups excluding carboxylic acids is 1. The summed E-state index contributed by atoms with van der Waals surface area (Å²) in [5.74, 6) is 0.677. The predicted molar refractivity (Wildman–Crippen MR) is 79.5 cm³/mol. The maximum Gasteiger partial charge on any atom is 0.120 e. The summed E-state index contributed by atoms with van der Waals surface area (Å²) in [6.07, 6.45) is 6.23. The van der Waals surface area contributed by atoms with Gasteiger partial charge in [0.15, 0.2) is 0 Å². The molecule has 5 heteroatoms. The van der Waals surface area contributed by atoms with Crippen LogP contribution in [0, 0.1) is 5.92 Å². The molecule has 1 aromatic rings. The van der Waals surface area contributed by atoms with Gasteiger partial charge in [-0.2, -0.15) is 0 Å². The van der Waals surface area contributed by atoms with Crippen LogP contribution in [0.3, 0.4) is 0 Å². The molecule has 1 aliphatic rings. The Morgan fingerprint density at radius 3 is 2.65 bits per heavy atom. The Hall–Kier alpha value is -0.710. The van der Waals surface area contributed by atoms with Crippen LogP contribution >= 0.6 is 11.6 Å². The zero-order valence-electron chi connectivity index (χ0n) is 11.2. The molecule has 1 unspecified atom stereocenters. The summed E-state index contributed by atoms with van der Waals surface area (Å²) in [5, 5.41) is 0.473. The monoisotopic (exact) mass is 313 g/mol. The molecule has 0 aromatic heterocycles. The number of rotatable bonds is 6. The lowest BCUT2D eigenvalue weighted by Gasteiger charge is -2.22. The van der Waals surface area contributed by atoms with E-state index < -0.39 is 11.1 Å². The highest BCUT2D eigenvalue weighted by Gasteiger charge is 2.26. The van der Waals surface area contributed by atoms with Gasteiger partial charge < -0.3 is 9.35 Å². The van der Waals surface area contributed by atoms with Gasteiger partial charge in [0.05, 0.1) is 0 Å². The molecule has 1 fully saturated rings. The average Bonchev–Trinajstić information content (AvgIpc) is 2.92. The van der Waals surface area contributed by atoms with Gasteiger partial charge in [-0.25, -0.2) is 0 Å². The number of aldehydes is 1. The largest absolute Gasteiger partial charge is 0.772 e. The van der Waals surface area contributed by atoms with Gasteiger partial charge in [-0.05, 0) is 41.9 Å². The first-order valence-electron chi connectivity index (χ1n) is 6.89. The second kappa shape index (κ2) is 7.34. The van der Waals surface area contributed by atoms with Crippen LogP contribution in [0.2, 0.25) is 5.02 Å². The maximum atomic E-state index is 10.9. The van der Waals surface area contributed by atoms with Crippen LogP contribution in [-0.4, -0.2) is 15.0 Å². The quantitative estimate of drug-likeness (QED) is 0.596. The highest BCUT2D eigenvalue weighted by molar-refractivity contribution is 7.78. The Labute approximate surface area is 127 Å².